The number of fused-ring (bicyclic) bond motifs is 1. The molecular weight excluding hydrogens is 390 g/mol. The van der Waals surface area contributed by atoms with Crippen LogP contribution in [0.25, 0.3) is 0 Å². The van der Waals surface area contributed by atoms with Crippen LogP contribution in [0.3, 0.4) is 0 Å². The van der Waals surface area contributed by atoms with Gasteiger partial charge in [0.25, 0.3) is 5.91 Å². The molecular formula is C22H25NO5S. The van der Waals surface area contributed by atoms with Crippen LogP contribution in [0.2, 0.25) is 0 Å². The third-order valence-electron chi connectivity index (χ3n) is 4.76. The zero-order chi connectivity index (χ0) is 20.8. The lowest BCUT2D eigenvalue weighted by Gasteiger charge is -2.15. The molecule has 0 saturated heterocycles. The maximum Gasteiger partial charge on any atom is 0.317 e. The first-order valence-corrected chi connectivity index (χ1v) is 10.5. The van der Waals surface area contributed by atoms with Gasteiger partial charge in [0.05, 0.1) is 20.0 Å². The van der Waals surface area contributed by atoms with Gasteiger partial charge < -0.3 is 19.5 Å². The molecule has 0 saturated carbocycles. The highest BCUT2D eigenvalue weighted by atomic mass is 32.2. The summed E-state index contributed by atoms with van der Waals surface area (Å²) in [4.78, 5) is 25.5. The van der Waals surface area contributed by atoms with E-state index in [0.29, 0.717) is 17.2 Å². The van der Waals surface area contributed by atoms with Crippen LogP contribution in [-0.4, -0.2) is 38.0 Å². The van der Waals surface area contributed by atoms with Crippen molar-refractivity contribution in [1.29, 1.82) is 0 Å². The van der Waals surface area contributed by atoms with Crippen LogP contribution in [-0.2, 0) is 27.2 Å². The van der Waals surface area contributed by atoms with Crippen molar-refractivity contribution in [2.45, 2.75) is 37.2 Å². The van der Waals surface area contributed by atoms with Gasteiger partial charge in [-0.1, -0.05) is 6.07 Å². The summed E-state index contributed by atoms with van der Waals surface area (Å²) in [5.41, 5.74) is 3.30. The van der Waals surface area contributed by atoms with Gasteiger partial charge in [-0.2, -0.15) is 0 Å². The lowest BCUT2D eigenvalue weighted by Crippen LogP contribution is -2.30. The largest absolute Gasteiger partial charge is 0.493 e. The number of hydrogen-bond donors (Lipinski definition) is 1. The number of aryl methyl sites for hydroxylation is 2. The summed E-state index contributed by atoms with van der Waals surface area (Å²) in [6, 6.07) is 11.4. The van der Waals surface area contributed by atoms with Crippen molar-refractivity contribution in [2.24, 2.45) is 0 Å². The van der Waals surface area contributed by atoms with Gasteiger partial charge in [0, 0.05) is 16.6 Å². The third kappa shape index (κ3) is 5.44. The number of hydrogen-bond acceptors (Lipinski definition) is 6. The molecule has 29 heavy (non-hydrogen) atoms. The highest BCUT2D eigenvalue weighted by Gasteiger charge is 2.19. The number of nitrogens with one attached hydrogen (secondary N) is 1. The zero-order valence-electron chi connectivity index (χ0n) is 16.8. The van der Waals surface area contributed by atoms with Gasteiger partial charge in [-0.25, -0.2) is 0 Å². The number of benzene rings is 2. The molecule has 1 amide bonds. The van der Waals surface area contributed by atoms with Gasteiger partial charge in [0.15, 0.2) is 17.6 Å². The van der Waals surface area contributed by atoms with E-state index in [0.717, 1.165) is 17.7 Å². The SMILES string of the molecule is COc1ccc(NC(=O)[C@@H](C)OC(=O)CSc2ccc3c(c2)CCC3)cc1OC. The number of carbonyl (C=O) groups excluding carboxylic acids is 2. The van der Waals surface area contributed by atoms with Crippen LogP contribution in [0.1, 0.15) is 24.5 Å². The second kappa shape index (κ2) is 9.69. The molecule has 1 N–H and O–H groups in total. The van der Waals surface area contributed by atoms with Crippen LogP contribution in [0.5, 0.6) is 11.5 Å². The first-order chi connectivity index (χ1) is 14.0. The Morgan fingerprint density at radius 1 is 1.03 bits per heavy atom. The second-order valence-electron chi connectivity index (χ2n) is 6.76. The molecule has 0 unspecified atom stereocenters. The first kappa shape index (κ1) is 21.0. The third-order valence-corrected chi connectivity index (χ3v) is 5.72. The molecule has 2 aromatic carbocycles. The van der Waals surface area contributed by atoms with E-state index in [1.54, 1.807) is 32.2 Å². The fraction of sp³-hybridized carbons (Fsp3) is 0.364. The lowest BCUT2D eigenvalue weighted by molar-refractivity contribution is -0.150. The normalized spacial score (nSPS) is 13.3. The van der Waals surface area contributed by atoms with E-state index >= 15 is 0 Å². The highest BCUT2D eigenvalue weighted by Crippen LogP contribution is 2.30. The van der Waals surface area contributed by atoms with Gasteiger partial charge in [0.2, 0.25) is 0 Å². The monoisotopic (exact) mass is 415 g/mol. The first-order valence-electron chi connectivity index (χ1n) is 9.47. The summed E-state index contributed by atoms with van der Waals surface area (Å²) >= 11 is 1.42. The molecule has 0 aliphatic heterocycles. The van der Waals surface area contributed by atoms with E-state index < -0.39 is 18.0 Å². The Morgan fingerprint density at radius 2 is 1.79 bits per heavy atom. The topological polar surface area (TPSA) is 73.9 Å². The fourth-order valence-electron chi connectivity index (χ4n) is 3.22. The summed E-state index contributed by atoms with van der Waals surface area (Å²) in [6.07, 6.45) is 2.52. The second-order valence-corrected chi connectivity index (χ2v) is 7.81. The zero-order valence-corrected chi connectivity index (χ0v) is 17.6. The molecule has 6 nitrogen and oxygen atoms in total. The van der Waals surface area contributed by atoms with Crippen molar-refractivity contribution < 1.29 is 23.8 Å². The Balaban J connectivity index is 1.49. The average molecular weight is 416 g/mol. The molecule has 0 bridgehead atoms. The van der Waals surface area contributed by atoms with Gasteiger partial charge in [-0.05, 0) is 61.6 Å². The van der Waals surface area contributed by atoms with Crippen LogP contribution in [0.4, 0.5) is 5.69 Å². The predicted molar refractivity (Wildman–Crippen MR) is 113 cm³/mol. The van der Waals surface area contributed by atoms with Crippen molar-refractivity contribution in [3.05, 3.63) is 47.5 Å². The van der Waals surface area contributed by atoms with Gasteiger partial charge >= 0.3 is 5.97 Å². The summed E-state index contributed by atoms with van der Waals surface area (Å²) in [5.74, 6) is 0.389. The van der Waals surface area contributed by atoms with Crippen molar-refractivity contribution in [1.82, 2.24) is 0 Å². The standard InChI is InChI=1S/C22H25NO5S/c1-14(22(25)23-17-8-10-19(26-2)20(12-17)27-3)28-21(24)13-29-18-9-7-15-5-4-6-16(15)11-18/h7-12,14H,4-6,13H2,1-3H3,(H,23,25)/t14-/m1/s1. The molecule has 0 spiro atoms. The highest BCUT2D eigenvalue weighted by molar-refractivity contribution is 8.00. The summed E-state index contributed by atoms with van der Waals surface area (Å²) < 4.78 is 15.7. The van der Waals surface area contributed by atoms with E-state index in [1.807, 2.05) is 6.07 Å². The molecule has 0 heterocycles. The number of esters is 1. The molecule has 0 radical (unpaired) electrons. The number of ether oxygens (including phenoxy) is 3. The Bertz CT molecular complexity index is 899. The molecule has 2 aromatic rings. The van der Waals surface area contributed by atoms with Crippen LogP contribution >= 0.6 is 11.8 Å². The number of amides is 1. The molecule has 0 fully saturated rings. The Hall–Kier alpha value is -2.67. The quantitative estimate of drug-likeness (QED) is 0.521. The van der Waals surface area contributed by atoms with Gasteiger partial charge in [-0.15, -0.1) is 11.8 Å². The van der Waals surface area contributed by atoms with Crippen LogP contribution in [0, 0.1) is 0 Å². The van der Waals surface area contributed by atoms with E-state index in [4.69, 9.17) is 14.2 Å². The minimum Gasteiger partial charge on any atom is -0.493 e. The summed E-state index contributed by atoms with van der Waals surface area (Å²) in [6.45, 7) is 1.55. The van der Waals surface area contributed by atoms with Crippen molar-refractivity contribution in [3.8, 4) is 11.5 Å². The van der Waals surface area contributed by atoms with E-state index in [-0.39, 0.29) is 5.75 Å². The van der Waals surface area contributed by atoms with E-state index in [1.165, 1.54) is 36.4 Å². The van der Waals surface area contributed by atoms with Gasteiger partial charge in [0.1, 0.15) is 0 Å². The molecule has 0 aromatic heterocycles. The fourth-order valence-corrected chi connectivity index (χ4v) is 3.97. The van der Waals surface area contributed by atoms with Crippen molar-refractivity contribution in [2.75, 3.05) is 25.3 Å². The molecule has 1 aliphatic rings. The molecule has 1 atom stereocenters. The summed E-state index contributed by atoms with van der Waals surface area (Å²) in [5, 5.41) is 2.72. The van der Waals surface area contributed by atoms with Gasteiger partial charge in [-0.3, -0.25) is 9.59 Å². The number of anilines is 1. The molecule has 154 valence electrons. The Kier molecular flexibility index (Phi) is 7.04. The lowest BCUT2D eigenvalue weighted by atomic mass is 10.1. The smallest absolute Gasteiger partial charge is 0.317 e. The maximum atomic E-state index is 12.3. The predicted octanol–water partition coefficient (Wildman–Crippen LogP) is 3.86. The Morgan fingerprint density at radius 3 is 2.55 bits per heavy atom. The van der Waals surface area contributed by atoms with Crippen LogP contribution < -0.4 is 14.8 Å². The number of carbonyl (C=O) groups is 2. The Labute approximate surface area is 174 Å². The number of rotatable bonds is 8. The molecule has 1 aliphatic carbocycles. The van der Waals surface area contributed by atoms with E-state index in [2.05, 4.69) is 17.4 Å². The molecule has 3 rings (SSSR count). The maximum absolute atomic E-state index is 12.3. The van der Waals surface area contributed by atoms with Crippen molar-refractivity contribution >= 4 is 29.3 Å². The average Bonchev–Trinajstić information content (AvgIpc) is 3.19. The minimum absolute atomic E-state index is 0.159. The number of thioether (sulfide) groups is 1. The summed E-state index contributed by atoms with van der Waals surface area (Å²) in [7, 11) is 3.06. The molecule has 7 heteroatoms. The van der Waals surface area contributed by atoms with Crippen molar-refractivity contribution in [3.63, 3.8) is 0 Å². The van der Waals surface area contributed by atoms with Crippen LogP contribution in [0.15, 0.2) is 41.3 Å². The minimum atomic E-state index is -0.906. The number of methoxy groups -OCH3 is 2. The van der Waals surface area contributed by atoms with E-state index in [9.17, 15) is 9.59 Å².